The van der Waals surface area contributed by atoms with Crippen molar-refractivity contribution in [2.75, 3.05) is 26.7 Å². The SMILES string of the molecule is CCCCOCN(COCCCC)C1CCCCC1. The van der Waals surface area contributed by atoms with E-state index >= 15 is 0 Å². The Morgan fingerprint density at radius 2 is 1.37 bits per heavy atom. The van der Waals surface area contributed by atoms with Gasteiger partial charge in [0.25, 0.3) is 0 Å². The highest BCUT2D eigenvalue weighted by molar-refractivity contribution is 4.72. The van der Waals surface area contributed by atoms with E-state index in [0.717, 1.165) is 39.5 Å². The van der Waals surface area contributed by atoms with Gasteiger partial charge in [0.1, 0.15) is 13.5 Å². The second kappa shape index (κ2) is 11.7. The van der Waals surface area contributed by atoms with E-state index in [9.17, 15) is 0 Å². The molecule has 1 aliphatic rings. The molecule has 0 aromatic heterocycles. The molecule has 0 N–H and O–H groups in total. The van der Waals surface area contributed by atoms with E-state index in [0.29, 0.717) is 6.04 Å². The molecule has 0 heterocycles. The first-order valence-corrected chi connectivity index (χ1v) is 8.28. The number of unbranched alkanes of at least 4 members (excludes halogenated alkanes) is 2. The molecule has 0 aliphatic heterocycles. The van der Waals surface area contributed by atoms with Crippen LogP contribution in [-0.2, 0) is 9.47 Å². The van der Waals surface area contributed by atoms with Crippen LogP contribution in [0.5, 0.6) is 0 Å². The normalized spacial score (nSPS) is 17.2. The van der Waals surface area contributed by atoms with Crippen molar-refractivity contribution in [3.05, 3.63) is 0 Å². The first kappa shape index (κ1) is 16.9. The van der Waals surface area contributed by atoms with Crippen LogP contribution in [0.4, 0.5) is 0 Å². The monoisotopic (exact) mass is 271 g/mol. The highest BCUT2D eigenvalue weighted by Crippen LogP contribution is 2.22. The van der Waals surface area contributed by atoms with Crippen LogP contribution in [0.2, 0.25) is 0 Å². The Morgan fingerprint density at radius 1 is 0.842 bits per heavy atom. The van der Waals surface area contributed by atoms with Gasteiger partial charge >= 0.3 is 0 Å². The molecule has 1 aliphatic carbocycles. The first-order chi connectivity index (χ1) is 9.38. The smallest absolute Gasteiger partial charge is 0.101 e. The van der Waals surface area contributed by atoms with E-state index in [2.05, 4.69) is 18.7 Å². The zero-order valence-electron chi connectivity index (χ0n) is 13.0. The minimum absolute atomic E-state index is 0.678. The Hall–Kier alpha value is -0.120. The van der Waals surface area contributed by atoms with E-state index in [1.807, 2.05) is 0 Å². The zero-order chi connectivity index (χ0) is 13.8. The summed E-state index contributed by atoms with van der Waals surface area (Å²) in [6.07, 6.45) is 11.5. The Bertz CT molecular complexity index is 181. The van der Waals surface area contributed by atoms with E-state index in [1.54, 1.807) is 0 Å². The summed E-state index contributed by atoms with van der Waals surface area (Å²) < 4.78 is 11.6. The van der Waals surface area contributed by atoms with Gasteiger partial charge in [0.05, 0.1) is 0 Å². The van der Waals surface area contributed by atoms with Crippen molar-refractivity contribution in [3.8, 4) is 0 Å². The molecular formula is C16H33NO2. The van der Waals surface area contributed by atoms with Crippen LogP contribution in [0.25, 0.3) is 0 Å². The second-order valence-corrected chi connectivity index (χ2v) is 5.66. The molecule has 0 unspecified atom stereocenters. The van der Waals surface area contributed by atoms with Gasteiger partial charge in [-0.3, -0.25) is 4.90 Å². The number of nitrogens with zero attached hydrogens (tertiary/aromatic N) is 1. The van der Waals surface area contributed by atoms with Gasteiger partial charge in [0.2, 0.25) is 0 Å². The molecule has 1 fully saturated rings. The van der Waals surface area contributed by atoms with Crippen LogP contribution in [0.3, 0.4) is 0 Å². The predicted octanol–water partition coefficient (Wildman–Crippen LogP) is 4.17. The van der Waals surface area contributed by atoms with Crippen LogP contribution in [-0.4, -0.2) is 37.6 Å². The Morgan fingerprint density at radius 3 is 1.84 bits per heavy atom. The minimum Gasteiger partial charge on any atom is -0.366 e. The van der Waals surface area contributed by atoms with Gasteiger partial charge in [-0.15, -0.1) is 0 Å². The summed E-state index contributed by atoms with van der Waals surface area (Å²) in [5, 5.41) is 0. The third kappa shape index (κ3) is 7.91. The molecule has 1 rings (SSSR count). The fourth-order valence-electron chi connectivity index (χ4n) is 2.55. The summed E-state index contributed by atoms with van der Waals surface area (Å²) in [6.45, 7) is 7.67. The molecule has 0 aromatic rings. The van der Waals surface area contributed by atoms with Crippen LogP contribution in [0.15, 0.2) is 0 Å². The molecule has 1 saturated carbocycles. The van der Waals surface area contributed by atoms with Crippen LogP contribution < -0.4 is 0 Å². The lowest BCUT2D eigenvalue weighted by molar-refractivity contribution is -0.0734. The van der Waals surface area contributed by atoms with Crippen molar-refractivity contribution in [2.45, 2.75) is 77.7 Å². The predicted molar refractivity (Wildman–Crippen MR) is 80.2 cm³/mol. The summed E-state index contributed by atoms with van der Waals surface area (Å²) in [6, 6.07) is 0.678. The lowest BCUT2D eigenvalue weighted by Crippen LogP contribution is -2.40. The summed E-state index contributed by atoms with van der Waals surface area (Å²) in [4.78, 5) is 2.41. The average molecular weight is 271 g/mol. The van der Waals surface area contributed by atoms with E-state index in [4.69, 9.17) is 9.47 Å². The maximum absolute atomic E-state index is 5.79. The number of hydrogen-bond acceptors (Lipinski definition) is 3. The van der Waals surface area contributed by atoms with Gasteiger partial charge in [0, 0.05) is 19.3 Å². The largest absolute Gasteiger partial charge is 0.366 e. The molecule has 0 spiro atoms. The molecule has 3 heteroatoms. The second-order valence-electron chi connectivity index (χ2n) is 5.66. The Balaban J connectivity index is 2.24. The highest BCUT2D eigenvalue weighted by atomic mass is 16.5. The fourth-order valence-corrected chi connectivity index (χ4v) is 2.55. The third-order valence-corrected chi connectivity index (χ3v) is 3.89. The lowest BCUT2D eigenvalue weighted by Gasteiger charge is -2.33. The molecule has 0 bridgehead atoms. The van der Waals surface area contributed by atoms with Gasteiger partial charge < -0.3 is 9.47 Å². The summed E-state index contributed by atoms with van der Waals surface area (Å²) in [5.41, 5.74) is 0. The molecule has 0 aromatic carbocycles. The molecular weight excluding hydrogens is 238 g/mol. The minimum atomic E-state index is 0.678. The fraction of sp³-hybridized carbons (Fsp3) is 1.00. The van der Waals surface area contributed by atoms with Crippen LogP contribution >= 0.6 is 0 Å². The maximum Gasteiger partial charge on any atom is 0.101 e. The lowest BCUT2D eigenvalue weighted by atomic mass is 9.95. The van der Waals surface area contributed by atoms with Crippen molar-refractivity contribution in [1.82, 2.24) is 4.90 Å². The topological polar surface area (TPSA) is 21.7 Å². The molecule has 0 amide bonds. The van der Waals surface area contributed by atoms with Crippen molar-refractivity contribution in [1.29, 1.82) is 0 Å². The van der Waals surface area contributed by atoms with Crippen LogP contribution in [0.1, 0.15) is 71.6 Å². The maximum atomic E-state index is 5.79. The standard InChI is InChI=1S/C16H33NO2/c1-3-5-12-18-14-17(15-19-13-6-4-2)16-10-8-7-9-11-16/h16H,3-15H2,1-2H3. The van der Waals surface area contributed by atoms with Crippen molar-refractivity contribution in [2.24, 2.45) is 0 Å². The summed E-state index contributed by atoms with van der Waals surface area (Å²) >= 11 is 0. The molecule has 0 saturated heterocycles. The number of rotatable bonds is 11. The van der Waals surface area contributed by atoms with Crippen molar-refractivity contribution < 1.29 is 9.47 Å². The van der Waals surface area contributed by atoms with E-state index < -0.39 is 0 Å². The van der Waals surface area contributed by atoms with Gasteiger partial charge in [0.15, 0.2) is 0 Å². The average Bonchev–Trinajstić information content (AvgIpc) is 2.46. The van der Waals surface area contributed by atoms with E-state index in [1.165, 1.54) is 44.9 Å². The van der Waals surface area contributed by atoms with E-state index in [-0.39, 0.29) is 0 Å². The summed E-state index contributed by atoms with van der Waals surface area (Å²) in [5.74, 6) is 0. The molecule has 3 nitrogen and oxygen atoms in total. The van der Waals surface area contributed by atoms with Crippen molar-refractivity contribution in [3.63, 3.8) is 0 Å². The van der Waals surface area contributed by atoms with Crippen LogP contribution in [0, 0.1) is 0 Å². The molecule has 114 valence electrons. The molecule has 19 heavy (non-hydrogen) atoms. The highest BCUT2D eigenvalue weighted by Gasteiger charge is 2.21. The quantitative estimate of drug-likeness (QED) is 0.416. The van der Waals surface area contributed by atoms with Gasteiger partial charge in [-0.05, 0) is 25.7 Å². The molecule has 0 radical (unpaired) electrons. The number of ether oxygens (including phenoxy) is 2. The van der Waals surface area contributed by atoms with Gasteiger partial charge in [-0.25, -0.2) is 0 Å². The van der Waals surface area contributed by atoms with Gasteiger partial charge in [-0.1, -0.05) is 46.0 Å². The first-order valence-electron chi connectivity index (χ1n) is 8.28. The van der Waals surface area contributed by atoms with Gasteiger partial charge in [-0.2, -0.15) is 0 Å². The number of hydrogen-bond donors (Lipinski definition) is 0. The zero-order valence-corrected chi connectivity index (χ0v) is 13.0. The Kier molecular flexibility index (Phi) is 10.4. The summed E-state index contributed by atoms with van der Waals surface area (Å²) in [7, 11) is 0. The third-order valence-electron chi connectivity index (χ3n) is 3.89. The molecule has 0 atom stereocenters. The Labute approximate surface area is 119 Å². The van der Waals surface area contributed by atoms with Crippen molar-refractivity contribution >= 4 is 0 Å².